The van der Waals surface area contributed by atoms with Gasteiger partial charge < -0.3 is 20.5 Å². The summed E-state index contributed by atoms with van der Waals surface area (Å²) in [5.41, 5.74) is 6.30. The summed E-state index contributed by atoms with van der Waals surface area (Å²) in [4.78, 5) is 21.4. The van der Waals surface area contributed by atoms with Crippen LogP contribution in [0.3, 0.4) is 0 Å². The summed E-state index contributed by atoms with van der Waals surface area (Å²) in [6, 6.07) is 0.312. The van der Waals surface area contributed by atoms with Crippen molar-refractivity contribution in [2.24, 2.45) is 5.73 Å². The normalized spacial score (nSPS) is 11.2. The van der Waals surface area contributed by atoms with Crippen molar-refractivity contribution >= 4 is 27.6 Å². The third-order valence-corrected chi connectivity index (χ3v) is 4.47. The zero-order valence-corrected chi connectivity index (χ0v) is 13.1. The Morgan fingerprint density at radius 3 is 2.91 bits per heavy atom. The molecule has 4 N–H and O–H groups in total. The molecule has 0 spiro atoms. The predicted octanol–water partition coefficient (Wildman–Crippen LogP) is 1.10. The average Bonchev–Trinajstić information content (AvgIpc) is 3.05. The van der Waals surface area contributed by atoms with E-state index >= 15 is 0 Å². The van der Waals surface area contributed by atoms with E-state index < -0.39 is 0 Å². The minimum absolute atomic E-state index is 0.0925. The number of rotatable bonds is 5. The molecule has 0 fully saturated rings. The molecule has 0 aliphatic carbocycles. The van der Waals surface area contributed by atoms with Gasteiger partial charge in [0.1, 0.15) is 10.7 Å². The first-order valence-corrected chi connectivity index (χ1v) is 7.65. The molecule has 0 radical (unpaired) electrons. The van der Waals surface area contributed by atoms with Gasteiger partial charge in [-0.3, -0.25) is 4.79 Å². The van der Waals surface area contributed by atoms with Crippen molar-refractivity contribution in [3.63, 3.8) is 0 Å². The van der Waals surface area contributed by atoms with Crippen molar-refractivity contribution in [2.45, 2.75) is 26.8 Å². The summed E-state index contributed by atoms with van der Waals surface area (Å²) in [6.07, 6.45) is 0.543. The second-order valence-corrected chi connectivity index (χ2v) is 6.06. The molecule has 0 bridgehead atoms. The number of thiophene rings is 1. The molecule has 22 heavy (non-hydrogen) atoms. The largest absolute Gasteiger partial charge is 0.407 e. The Labute approximate surface area is 129 Å². The lowest BCUT2D eigenvalue weighted by Crippen LogP contribution is -2.14. The number of nitrogens with one attached hydrogen (secondary N) is 2. The lowest BCUT2D eigenvalue weighted by molar-refractivity contribution is 0.507. The lowest BCUT2D eigenvalue weighted by Gasteiger charge is -2.02. The van der Waals surface area contributed by atoms with Gasteiger partial charge in [0.25, 0.3) is 5.56 Å². The van der Waals surface area contributed by atoms with Gasteiger partial charge >= 0.3 is 6.01 Å². The molecule has 9 heteroatoms. The van der Waals surface area contributed by atoms with Crippen LogP contribution in [0.4, 0.5) is 6.01 Å². The molecule has 0 aromatic carbocycles. The third kappa shape index (κ3) is 2.72. The highest BCUT2D eigenvalue weighted by Gasteiger charge is 2.12. The molecule has 8 nitrogen and oxygen atoms in total. The quantitative estimate of drug-likeness (QED) is 0.643. The number of aryl methyl sites for hydroxylation is 2. The highest BCUT2D eigenvalue weighted by molar-refractivity contribution is 7.18. The highest BCUT2D eigenvalue weighted by atomic mass is 32.1. The van der Waals surface area contributed by atoms with Crippen molar-refractivity contribution in [3.8, 4) is 0 Å². The van der Waals surface area contributed by atoms with Crippen LogP contribution in [0.1, 0.15) is 22.2 Å². The fourth-order valence-electron chi connectivity index (χ4n) is 2.11. The second kappa shape index (κ2) is 5.85. The number of nitrogens with zero attached hydrogens (tertiary/aromatic N) is 3. The number of aromatic nitrogens is 4. The minimum Gasteiger partial charge on any atom is -0.407 e. The van der Waals surface area contributed by atoms with E-state index in [4.69, 9.17) is 10.2 Å². The highest BCUT2D eigenvalue weighted by Crippen LogP contribution is 2.25. The summed E-state index contributed by atoms with van der Waals surface area (Å²) in [5, 5.41) is 11.2. The molecule has 0 aliphatic rings. The summed E-state index contributed by atoms with van der Waals surface area (Å²) < 4.78 is 5.24. The topological polar surface area (TPSA) is 123 Å². The lowest BCUT2D eigenvalue weighted by atomic mass is 10.2. The van der Waals surface area contributed by atoms with E-state index in [1.165, 1.54) is 11.3 Å². The van der Waals surface area contributed by atoms with E-state index in [0.717, 1.165) is 15.3 Å². The van der Waals surface area contributed by atoms with Crippen molar-refractivity contribution in [1.29, 1.82) is 0 Å². The van der Waals surface area contributed by atoms with E-state index in [-0.39, 0.29) is 12.1 Å². The van der Waals surface area contributed by atoms with Crippen molar-refractivity contribution < 1.29 is 4.42 Å². The number of fused-ring (bicyclic) bond motifs is 1. The van der Waals surface area contributed by atoms with E-state index in [9.17, 15) is 4.79 Å². The molecule has 3 aromatic rings. The minimum atomic E-state index is -0.0925. The van der Waals surface area contributed by atoms with Crippen LogP contribution in [0.5, 0.6) is 0 Å². The van der Waals surface area contributed by atoms with E-state index in [1.807, 2.05) is 13.8 Å². The maximum Gasteiger partial charge on any atom is 0.315 e. The number of hydrogen-bond acceptors (Lipinski definition) is 8. The van der Waals surface area contributed by atoms with Crippen LogP contribution >= 0.6 is 11.3 Å². The van der Waals surface area contributed by atoms with Crippen LogP contribution in [0.2, 0.25) is 0 Å². The molecule has 3 aromatic heterocycles. The van der Waals surface area contributed by atoms with Gasteiger partial charge in [-0.2, -0.15) is 0 Å². The van der Waals surface area contributed by atoms with E-state index in [0.29, 0.717) is 36.1 Å². The number of hydrogen-bond donors (Lipinski definition) is 3. The molecule has 0 unspecified atom stereocenters. The second-order valence-electron chi connectivity index (χ2n) is 4.86. The Balaban J connectivity index is 1.73. The molecule has 3 heterocycles. The Hall–Kier alpha value is -2.26. The standard InChI is InChI=1S/C13H16N6O2S/c1-6-7(2)22-12-10(6)11(20)16-8(17-12)3-4-15-13-19-18-9(5-14)21-13/h3-5,14H2,1-2H3,(H,15,19)(H,16,17,20). The Morgan fingerprint density at radius 2 is 2.18 bits per heavy atom. The Morgan fingerprint density at radius 1 is 1.36 bits per heavy atom. The molecule has 0 saturated carbocycles. The zero-order chi connectivity index (χ0) is 15.7. The SMILES string of the molecule is Cc1sc2nc(CCNc3nnc(CN)o3)[nH]c(=O)c2c1C. The molecular weight excluding hydrogens is 304 g/mol. The molecule has 116 valence electrons. The van der Waals surface area contributed by atoms with E-state index in [1.54, 1.807) is 0 Å². The van der Waals surface area contributed by atoms with Gasteiger partial charge in [0.15, 0.2) is 0 Å². The fourth-order valence-corrected chi connectivity index (χ4v) is 3.16. The molecule has 0 atom stereocenters. The maximum absolute atomic E-state index is 12.1. The van der Waals surface area contributed by atoms with Crippen LogP contribution in [-0.2, 0) is 13.0 Å². The summed E-state index contributed by atoms with van der Waals surface area (Å²) in [5.74, 6) is 1.00. The maximum atomic E-state index is 12.1. The first-order chi connectivity index (χ1) is 10.6. The smallest absolute Gasteiger partial charge is 0.315 e. The van der Waals surface area contributed by atoms with Gasteiger partial charge in [0, 0.05) is 17.8 Å². The molecule has 3 rings (SSSR count). The first-order valence-electron chi connectivity index (χ1n) is 6.83. The van der Waals surface area contributed by atoms with Crippen molar-refractivity contribution in [3.05, 3.63) is 32.5 Å². The summed E-state index contributed by atoms with van der Waals surface area (Å²) in [6.45, 7) is 4.66. The number of aromatic amines is 1. The van der Waals surface area contributed by atoms with Crippen LogP contribution in [-0.4, -0.2) is 26.7 Å². The zero-order valence-electron chi connectivity index (χ0n) is 12.3. The Kier molecular flexibility index (Phi) is 3.90. The number of anilines is 1. The van der Waals surface area contributed by atoms with Gasteiger partial charge in [-0.05, 0) is 19.4 Å². The molecule has 0 amide bonds. The third-order valence-electron chi connectivity index (χ3n) is 3.37. The number of nitrogens with two attached hydrogens (primary N) is 1. The van der Waals surface area contributed by atoms with Crippen molar-refractivity contribution in [2.75, 3.05) is 11.9 Å². The Bertz CT molecular complexity index is 865. The predicted molar refractivity (Wildman–Crippen MR) is 84.1 cm³/mol. The van der Waals surface area contributed by atoms with Crippen molar-refractivity contribution in [1.82, 2.24) is 20.2 Å². The van der Waals surface area contributed by atoms with Gasteiger partial charge in [-0.25, -0.2) is 4.98 Å². The molecule has 0 saturated heterocycles. The molecular formula is C13H16N6O2S. The summed E-state index contributed by atoms with van der Waals surface area (Å²) in [7, 11) is 0. The fraction of sp³-hybridized carbons (Fsp3) is 0.385. The first kappa shape index (κ1) is 14.7. The van der Waals surface area contributed by atoms with Crippen LogP contribution in [0, 0.1) is 13.8 Å². The van der Waals surface area contributed by atoms with Gasteiger partial charge in [0.05, 0.1) is 11.9 Å². The van der Waals surface area contributed by atoms with Gasteiger partial charge in [0.2, 0.25) is 5.89 Å². The van der Waals surface area contributed by atoms with Crippen LogP contribution in [0.25, 0.3) is 10.2 Å². The number of H-pyrrole nitrogens is 1. The summed E-state index contributed by atoms with van der Waals surface area (Å²) >= 11 is 1.54. The monoisotopic (exact) mass is 320 g/mol. The van der Waals surface area contributed by atoms with Gasteiger partial charge in [-0.15, -0.1) is 16.4 Å². The van der Waals surface area contributed by atoms with Crippen LogP contribution < -0.4 is 16.6 Å². The van der Waals surface area contributed by atoms with Crippen LogP contribution in [0.15, 0.2) is 9.21 Å². The van der Waals surface area contributed by atoms with Gasteiger partial charge in [-0.1, -0.05) is 5.10 Å². The average molecular weight is 320 g/mol. The molecule has 0 aliphatic heterocycles. The van der Waals surface area contributed by atoms with E-state index in [2.05, 4.69) is 25.5 Å².